The number of nitrogens with one attached hydrogen (secondary N) is 2. The van der Waals surface area contributed by atoms with Crippen LogP contribution in [0.2, 0.25) is 0 Å². The number of nitriles is 2. The van der Waals surface area contributed by atoms with E-state index in [1.807, 2.05) is 12.1 Å². The number of nitrogens with zero attached hydrogens (tertiary/aromatic N) is 5. The van der Waals surface area contributed by atoms with E-state index in [0.717, 1.165) is 0 Å². The highest BCUT2D eigenvalue weighted by Crippen LogP contribution is 2.19. The van der Waals surface area contributed by atoms with Crippen molar-refractivity contribution in [2.24, 2.45) is 0 Å². The van der Waals surface area contributed by atoms with Gasteiger partial charge in [0.15, 0.2) is 0 Å². The SMILES string of the molecule is N#CC(=CNc1c(F)cccc1C#N)c1nn[nH]n1. The minimum atomic E-state index is -0.597. The number of rotatable bonds is 3. The number of hydrogen-bond acceptors (Lipinski definition) is 6. The minimum Gasteiger partial charge on any atom is -0.357 e. The standard InChI is InChI=1S/C11H6FN7/c12-9-3-1-2-7(4-13)10(9)15-6-8(5-14)11-16-18-19-17-11/h1-3,6,15H,(H,16,17,18,19). The second kappa shape index (κ2) is 5.38. The maximum Gasteiger partial charge on any atom is 0.216 e. The van der Waals surface area contributed by atoms with Gasteiger partial charge in [-0.25, -0.2) is 4.39 Å². The summed E-state index contributed by atoms with van der Waals surface area (Å²) in [6, 6.07) is 7.78. The molecule has 1 aromatic heterocycles. The van der Waals surface area contributed by atoms with Crippen LogP contribution in [-0.4, -0.2) is 20.6 Å². The van der Waals surface area contributed by atoms with Gasteiger partial charge in [-0.05, 0) is 17.3 Å². The number of benzene rings is 1. The molecule has 2 aromatic rings. The molecule has 0 unspecified atom stereocenters. The maximum atomic E-state index is 13.6. The number of halogens is 1. The first-order valence-electron chi connectivity index (χ1n) is 5.05. The van der Waals surface area contributed by atoms with E-state index in [1.165, 1.54) is 24.4 Å². The number of aromatic amines is 1. The van der Waals surface area contributed by atoms with Crippen LogP contribution in [-0.2, 0) is 0 Å². The highest BCUT2D eigenvalue weighted by Gasteiger charge is 2.09. The van der Waals surface area contributed by atoms with Crippen molar-refractivity contribution in [2.45, 2.75) is 0 Å². The molecule has 0 aliphatic heterocycles. The fraction of sp³-hybridized carbons (Fsp3) is 0. The molecule has 0 fully saturated rings. The molecule has 2 rings (SSSR count). The lowest BCUT2D eigenvalue weighted by Gasteiger charge is -2.04. The fourth-order valence-electron chi connectivity index (χ4n) is 1.33. The Bertz CT molecular complexity index is 691. The van der Waals surface area contributed by atoms with Gasteiger partial charge >= 0.3 is 0 Å². The van der Waals surface area contributed by atoms with Crippen molar-refractivity contribution in [1.29, 1.82) is 10.5 Å². The van der Waals surface area contributed by atoms with Crippen LogP contribution >= 0.6 is 0 Å². The summed E-state index contributed by atoms with van der Waals surface area (Å²) in [4.78, 5) is 0. The molecule has 92 valence electrons. The van der Waals surface area contributed by atoms with Crippen LogP contribution in [0.4, 0.5) is 10.1 Å². The highest BCUT2D eigenvalue weighted by atomic mass is 19.1. The summed E-state index contributed by atoms with van der Waals surface area (Å²) in [7, 11) is 0. The molecule has 0 radical (unpaired) electrons. The summed E-state index contributed by atoms with van der Waals surface area (Å²) in [5.74, 6) is -0.523. The van der Waals surface area contributed by atoms with E-state index in [-0.39, 0.29) is 22.6 Å². The van der Waals surface area contributed by atoms with Crippen LogP contribution in [0.3, 0.4) is 0 Å². The van der Waals surface area contributed by atoms with Gasteiger partial charge in [0.2, 0.25) is 5.82 Å². The van der Waals surface area contributed by atoms with Gasteiger partial charge in [-0.3, -0.25) is 0 Å². The second-order valence-electron chi connectivity index (χ2n) is 3.32. The normalized spacial score (nSPS) is 10.6. The van der Waals surface area contributed by atoms with Crippen molar-refractivity contribution in [1.82, 2.24) is 20.6 Å². The average molecular weight is 255 g/mol. The van der Waals surface area contributed by atoms with Crippen molar-refractivity contribution in [3.63, 3.8) is 0 Å². The van der Waals surface area contributed by atoms with Crippen LogP contribution in [0.1, 0.15) is 11.4 Å². The van der Waals surface area contributed by atoms with Crippen LogP contribution in [0.5, 0.6) is 0 Å². The van der Waals surface area contributed by atoms with Crippen molar-refractivity contribution in [3.8, 4) is 12.1 Å². The molecule has 0 spiro atoms. The first-order chi connectivity index (χ1) is 9.26. The lowest BCUT2D eigenvalue weighted by atomic mass is 10.2. The molecule has 0 aliphatic carbocycles. The Morgan fingerprint density at radius 2 is 2.26 bits per heavy atom. The zero-order chi connectivity index (χ0) is 13.7. The molecular formula is C11H6FN7. The second-order valence-corrected chi connectivity index (χ2v) is 3.32. The van der Waals surface area contributed by atoms with Gasteiger partial charge in [0.1, 0.15) is 23.5 Å². The molecule has 0 amide bonds. The lowest BCUT2D eigenvalue weighted by molar-refractivity contribution is 0.631. The van der Waals surface area contributed by atoms with E-state index in [9.17, 15) is 4.39 Å². The zero-order valence-corrected chi connectivity index (χ0v) is 9.42. The molecule has 0 aliphatic rings. The molecule has 0 bridgehead atoms. The third-order valence-electron chi connectivity index (χ3n) is 2.20. The summed E-state index contributed by atoms with van der Waals surface area (Å²) in [6.07, 6.45) is 1.21. The Morgan fingerprint density at radius 3 is 2.89 bits per heavy atom. The molecule has 8 heteroatoms. The van der Waals surface area contributed by atoms with Crippen LogP contribution < -0.4 is 5.32 Å². The van der Waals surface area contributed by atoms with E-state index in [0.29, 0.717) is 0 Å². The number of tetrazole rings is 1. The summed E-state index contributed by atoms with van der Waals surface area (Å²) in [5.41, 5.74) is 0.170. The molecule has 1 aromatic carbocycles. The van der Waals surface area contributed by atoms with E-state index < -0.39 is 5.82 Å². The van der Waals surface area contributed by atoms with E-state index in [1.54, 1.807) is 0 Å². The van der Waals surface area contributed by atoms with Gasteiger partial charge in [0, 0.05) is 6.20 Å². The fourth-order valence-corrected chi connectivity index (χ4v) is 1.33. The number of anilines is 1. The van der Waals surface area contributed by atoms with Gasteiger partial charge in [-0.1, -0.05) is 6.07 Å². The van der Waals surface area contributed by atoms with Gasteiger partial charge in [0.25, 0.3) is 0 Å². The number of hydrogen-bond donors (Lipinski definition) is 2. The van der Waals surface area contributed by atoms with Crippen LogP contribution in [0, 0.1) is 28.5 Å². The van der Waals surface area contributed by atoms with Crippen molar-refractivity contribution in [3.05, 3.63) is 41.6 Å². The van der Waals surface area contributed by atoms with Crippen molar-refractivity contribution < 1.29 is 4.39 Å². The number of H-pyrrole nitrogens is 1. The molecule has 2 N–H and O–H groups in total. The van der Waals surface area contributed by atoms with Gasteiger partial charge in [-0.2, -0.15) is 15.7 Å². The number of para-hydroxylation sites is 1. The average Bonchev–Trinajstić information content (AvgIpc) is 2.95. The van der Waals surface area contributed by atoms with E-state index in [2.05, 4.69) is 25.9 Å². The summed E-state index contributed by atoms with van der Waals surface area (Å²) >= 11 is 0. The Kier molecular flexibility index (Phi) is 3.46. The monoisotopic (exact) mass is 255 g/mol. The van der Waals surface area contributed by atoms with Gasteiger partial charge in [-0.15, -0.1) is 10.2 Å². The Morgan fingerprint density at radius 1 is 1.42 bits per heavy atom. The predicted molar refractivity (Wildman–Crippen MR) is 62.5 cm³/mol. The van der Waals surface area contributed by atoms with Crippen LogP contribution in [0.15, 0.2) is 24.4 Å². The molecule has 0 saturated heterocycles. The Balaban J connectivity index is 2.33. The quantitative estimate of drug-likeness (QED) is 0.796. The first kappa shape index (κ1) is 12.2. The summed E-state index contributed by atoms with van der Waals surface area (Å²) in [6.45, 7) is 0. The zero-order valence-electron chi connectivity index (χ0n) is 9.42. The lowest BCUT2D eigenvalue weighted by Crippen LogP contribution is -1.98. The molecule has 19 heavy (non-hydrogen) atoms. The number of allylic oxidation sites excluding steroid dienone is 1. The largest absolute Gasteiger partial charge is 0.357 e. The summed E-state index contributed by atoms with van der Waals surface area (Å²) in [5, 5.41) is 33.1. The third-order valence-corrected chi connectivity index (χ3v) is 2.20. The minimum absolute atomic E-state index is 0.0127. The topological polar surface area (TPSA) is 114 Å². The molecule has 0 atom stereocenters. The smallest absolute Gasteiger partial charge is 0.216 e. The first-order valence-corrected chi connectivity index (χ1v) is 5.05. The van der Waals surface area contributed by atoms with E-state index in [4.69, 9.17) is 10.5 Å². The molecule has 1 heterocycles. The highest BCUT2D eigenvalue weighted by molar-refractivity contribution is 5.75. The predicted octanol–water partition coefficient (Wildman–Crippen LogP) is 1.19. The van der Waals surface area contributed by atoms with E-state index >= 15 is 0 Å². The molecule has 0 saturated carbocycles. The Labute approximate surface area is 107 Å². The van der Waals surface area contributed by atoms with Crippen LogP contribution in [0.25, 0.3) is 5.57 Å². The van der Waals surface area contributed by atoms with Gasteiger partial charge in [0.05, 0.1) is 11.3 Å². The molecular weight excluding hydrogens is 249 g/mol. The third kappa shape index (κ3) is 2.53. The number of aromatic nitrogens is 4. The maximum absolute atomic E-state index is 13.6. The summed E-state index contributed by atoms with van der Waals surface area (Å²) < 4.78 is 13.6. The molecule has 7 nitrogen and oxygen atoms in total. The van der Waals surface area contributed by atoms with Gasteiger partial charge < -0.3 is 5.32 Å². The Hall–Kier alpha value is -3.26. The van der Waals surface area contributed by atoms with Crippen molar-refractivity contribution in [2.75, 3.05) is 5.32 Å². The van der Waals surface area contributed by atoms with Crippen molar-refractivity contribution >= 4 is 11.3 Å².